The maximum atomic E-state index is 11.5. The zero-order chi connectivity index (χ0) is 27.4. The van der Waals surface area contributed by atoms with Crippen molar-refractivity contribution in [3.05, 3.63) is 35.4 Å². The van der Waals surface area contributed by atoms with E-state index < -0.39 is 46.8 Å². The van der Waals surface area contributed by atoms with Crippen molar-refractivity contribution in [1.29, 1.82) is 0 Å². The van der Waals surface area contributed by atoms with Gasteiger partial charge in [-0.3, -0.25) is 9.59 Å². The van der Waals surface area contributed by atoms with Crippen LogP contribution >= 0.6 is 0 Å². The Morgan fingerprint density at radius 2 is 1.17 bits per heavy atom. The van der Waals surface area contributed by atoms with E-state index in [0.717, 1.165) is 0 Å². The van der Waals surface area contributed by atoms with Crippen molar-refractivity contribution in [3.8, 4) is 0 Å². The van der Waals surface area contributed by atoms with Gasteiger partial charge in [0, 0.05) is 0 Å². The van der Waals surface area contributed by atoms with Crippen LogP contribution in [0.25, 0.3) is 0 Å². The van der Waals surface area contributed by atoms with Gasteiger partial charge in [-0.15, -0.1) is 0 Å². The number of carbonyl (C=O) groups is 5. The first kappa shape index (κ1) is 31.5. The molecule has 2 atom stereocenters. The van der Waals surface area contributed by atoms with Gasteiger partial charge in [-0.1, -0.05) is 32.9 Å². The fraction of sp³-hybridized carbons (Fsp3) is 0.542. The highest BCUT2D eigenvalue weighted by Crippen LogP contribution is 2.45. The van der Waals surface area contributed by atoms with Gasteiger partial charge in [0.25, 0.3) is 0 Å². The van der Waals surface area contributed by atoms with Gasteiger partial charge < -0.3 is 29.9 Å². The van der Waals surface area contributed by atoms with Crippen molar-refractivity contribution in [3.63, 3.8) is 0 Å². The molecule has 1 rings (SSSR count). The molecule has 11 nitrogen and oxygen atoms in total. The van der Waals surface area contributed by atoms with Crippen molar-refractivity contribution >= 4 is 29.8 Å². The molecule has 11 heteroatoms. The Labute approximate surface area is 203 Å². The smallest absolute Gasteiger partial charge is 0.338 e. The number of hydrogen-bond acceptors (Lipinski definition) is 8. The number of rotatable bonds is 12. The van der Waals surface area contributed by atoms with Gasteiger partial charge in [-0.2, -0.15) is 0 Å². The molecule has 196 valence electrons. The molecule has 0 amide bonds. The average Bonchev–Trinajstić information content (AvgIpc) is 2.80. The summed E-state index contributed by atoms with van der Waals surface area (Å²) in [4.78, 5) is 57.1. The summed E-state index contributed by atoms with van der Waals surface area (Å²) >= 11 is 0. The zero-order valence-electron chi connectivity index (χ0n) is 20.6. The normalized spacial score (nSPS) is 13.3. The fourth-order valence-corrected chi connectivity index (χ4v) is 3.85. The SMILES string of the molecule is CCC(C(=O)O)C(O)(C(=O)O)C(CC)(CC)C(=O)O.CCOC(=O)c1ccccc1C(=O)OCC. The Morgan fingerprint density at radius 3 is 1.40 bits per heavy atom. The molecule has 0 aromatic heterocycles. The quantitative estimate of drug-likeness (QED) is 0.311. The first-order valence-electron chi connectivity index (χ1n) is 11.2. The number of carbonyl (C=O) groups excluding carboxylic acids is 2. The second kappa shape index (κ2) is 14.1. The molecule has 0 heterocycles. The lowest BCUT2D eigenvalue weighted by molar-refractivity contribution is -0.205. The van der Waals surface area contributed by atoms with E-state index in [4.69, 9.17) is 14.6 Å². The van der Waals surface area contributed by atoms with Crippen LogP contribution in [0.15, 0.2) is 24.3 Å². The average molecular weight is 499 g/mol. The van der Waals surface area contributed by atoms with Crippen LogP contribution in [0, 0.1) is 11.3 Å². The number of benzene rings is 1. The summed E-state index contributed by atoms with van der Waals surface area (Å²) in [6.07, 6.45) is -0.565. The Balaban J connectivity index is 0.000000669. The number of aliphatic carboxylic acids is 3. The van der Waals surface area contributed by atoms with Crippen molar-refractivity contribution in [1.82, 2.24) is 0 Å². The Hall–Kier alpha value is -3.47. The molecule has 0 saturated carbocycles. The van der Waals surface area contributed by atoms with E-state index in [2.05, 4.69) is 0 Å². The number of ether oxygens (including phenoxy) is 2. The predicted molar refractivity (Wildman–Crippen MR) is 123 cm³/mol. The first-order chi connectivity index (χ1) is 16.4. The van der Waals surface area contributed by atoms with Crippen LogP contribution in [0.2, 0.25) is 0 Å². The highest BCUT2D eigenvalue weighted by atomic mass is 16.5. The Kier molecular flexibility index (Phi) is 12.7. The minimum absolute atomic E-state index is 0.187. The minimum Gasteiger partial charge on any atom is -0.481 e. The lowest BCUT2D eigenvalue weighted by Crippen LogP contribution is -2.63. The van der Waals surface area contributed by atoms with Crippen LogP contribution in [0.5, 0.6) is 0 Å². The lowest BCUT2D eigenvalue weighted by Gasteiger charge is -2.43. The summed E-state index contributed by atoms with van der Waals surface area (Å²) in [7, 11) is 0. The highest BCUT2D eigenvalue weighted by molar-refractivity contribution is 6.03. The fourth-order valence-electron chi connectivity index (χ4n) is 3.85. The topological polar surface area (TPSA) is 185 Å². The molecule has 1 aromatic rings. The van der Waals surface area contributed by atoms with Gasteiger partial charge in [0.15, 0.2) is 5.60 Å². The summed E-state index contributed by atoms with van der Waals surface area (Å²) < 4.78 is 9.70. The van der Waals surface area contributed by atoms with Crippen molar-refractivity contribution in [2.45, 2.75) is 59.5 Å². The lowest BCUT2D eigenvalue weighted by atomic mass is 9.61. The second-order valence-electron chi connectivity index (χ2n) is 7.45. The van der Waals surface area contributed by atoms with E-state index in [-0.39, 0.29) is 43.6 Å². The highest BCUT2D eigenvalue weighted by Gasteiger charge is 2.64. The molecule has 1 aromatic carbocycles. The van der Waals surface area contributed by atoms with Crippen molar-refractivity contribution in [2.24, 2.45) is 11.3 Å². The van der Waals surface area contributed by atoms with Crippen LogP contribution in [0.1, 0.15) is 74.6 Å². The molecule has 0 aliphatic carbocycles. The summed E-state index contributed by atoms with van der Waals surface area (Å²) in [6.45, 7) is 8.20. The predicted octanol–water partition coefficient (Wildman–Crippen LogP) is 2.84. The summed E-state index contributed by atoms with van der Waals surface area (Å²) in [6, 6.07) is 6.44. The van der Waals surface area contributed by atoms with Gasteiger partial charge in [0.2, 0.25) is 0 Å². The number of aliphatic hydroxyl groups is 1. The molecule has 0 radical (unpaired) electrons. The molecule has 4 N–H and O–H groups in total. The summed E-state index contributed by atoms with van der Waals surface area (Å²) in [5.74, 6) is -7.58. The third kappa shape index (κ3) is 6.78. The van der Waals surface area contributed by atoms with Gasteiger partial charge in [-0.05, 0) is 45.2 Å². The van der Waals surface area contributed by atoms with Gasteiger partial charge in [-0.25, -0.2) is 14.4 Å². The molecular formula is C24H34O11. The summed E-state index contributed by atoms with van der Waals surface area (Å²) in [5, 5.41) is 38.1. The molecule has 0 fully saturated rings. The van der Waals surface area contributed by atoms with E-state index in [9.17, 15) is 39.3 Å². The van der Waals surface area contributed by atoms with E-state index >= 15 is 0 Å². The van der Waals surface area contributed by atoms with Crippen LogP contribution in [0.4, 0.5) is 0 Å². The number of esters is 2. The van der Waals surface area contributed by atoms with Gasteiger partial charge in [0.05, 0.1) is 30.3 Å². The van der Waals surface area contributed by atoms with Crippen molar-refractivity contribution in [2.75, 3.05) is 13.2 Å². The van der Waals surface area contributed by atoms with E-state index in [0.29, 0.717) is 0 Å². The molecule has 2 unspecified atom stereocenters. The van der Waals surface area contributed by atoms with Crippen LogP contribution < -0.4 is 0 Å². The molecule has 35 heavy (non-hydrogen) atoms. The van der Waals surface area contributed by atoms with E-state index in [1.165, 1.54) is 20.8 Å². The Bertz CT molecular complexity index is 867. The zero-order valence-corrected chi connectivity index (χ0v) is 20.6. The Morgan fingerprint density at radius 1 is 0.771 bits per heavy atom. The molecule has 0 bridgehead atoms. The maximum Gasteiger partial charge on any atom is 0.338 e. The van der Waals surface area contributed by atoms with E-state index in [1.54, 1.807) is 38.1 Å². The molecule has 0 aliphatic heterocycles. The summed E-state index contributed by atoms with van der Waals surface area (Å²) in [5.41, 5.74) is -4.42. The molecular weight excluding hydrogens is 464 g/mol. The van der Waals surface area contributed by atoms with Crippen LogP contribution in [-0.2, 0) is 23.9 Å². The second-order valence-corrected chi connectivity index (χ2v) is 7.45. The van der Waals surface area contributed by atoms with Crippen molar-refractivity contribution < 1.29 is 53.9 Å². The third-order valence-electron chi connectivity index (χ3n) is 5.80. The standard InChI is InChI=1S/C12H20O7.C12H14O4/c1-4-7(8(13)14)12(19,10(17)18)11(5-2,6-3)9(15)16;1-3-15-11(13)9-7-5-6-8-10(9)12(14)16-4-2/h7,19H,4-6H2,1-3H3,(H,13,14)(H,15,16)(H,17,18);5-8H,3-4H2,1-2H3. The maximum absolute atomic E-state index is 11.5. The van der Waals surface area contributed by atoms with Crippen LogP contribution in [0.3, 0.4) is 0 Å². The van der Waals surface area contributed by atoms with Gasteiger partial charge >= 0.3 is 29.8 Å². The van der Waals surface area contributed by atoms with Crippen LogP contribution in [-0.4, -0.2) is 69.1 Å². The molecule has 0 spiro atoms. The third-order valence-corrected chi connectivity index (χ3v) is 5.80. The largest absolute Gasteiger partial charge is 0.481 e. The molecule has 0 aliphatic rings. The van der Waals surface area contributed by atoms with Gasteiger partial charge in [0.1, 0.15) is 5.41 Å². The first-order valence-corrected chi connectivity index (χ1v) is 11.2. The van der Waals surface area contributed by atoms with E-state index in [1.807, 2.05) is 0 Å². The number of hydrogen-bond donors (Lipinski definition) is 4. The number of carboxylic acid groups (broad SMARTS) is 3. The number of carboxylic acids is 3. The molecule has 0 saturated heterocycles. The minimum atomic E-state index is -2.86. The monoisotopic (exact) mass is 498 g/mol.